The number of carbonyl (C=O) groups excluding carboxylic acids is 3. The maximum absolute atomic E-state index is 11.9. The third kappa shape index (κ3) is 27.5. The topological polar surface area (TPSA) is 69.7 Å². The molecule has 0 saturated carbocycles. The van der Waals surface area contributed by atoms with Crippen molar-refractivity contribution < 1.29 is 24.2 Å². The molecule has 0 fully saturated rings. The molecule has 0 aromatic carbocycles. The Morgan fingerprint density at radius 2 is 0.676 bits per heavy atom. The van der Waals surface area contributed by atoms with Crippen molar-refractivity contribution in [1.82, 2.24) is 0 Å². The number of hydrogen-bond donors (Lipinski definition) is 0. The minimum Gasteiger partial charge on any atom is -0.287 e. The third-order valence-corrected chi connectivity index (χ3v) is 7.18. The highest BCUT2D eigenvalue weighted by Crippen LogP contribution is 2.14. The Morgan fingerprint density at radius 3 is 1.03 bits per heavy atom. The minimum absolute atomic E-state index is 0.159. The summed E-state index contributed by atoms with van der Waals surface area (Å²) in [4.78, 5) is 44.3. The van der Waals surface area contributed by atoms with Crippen LogP contribution in [0.1, 0.15) is 187 Å². The first-order chi connectivity index (χ1) is 18.1. The monoisotopic (exact) mass is 524 g/mol. The van der Waals surface area contributed by atoms with Crippen molar-refractivity contribution in [2.24, 2.45) is 0 Å². The zero-order valence-electron chi connectivity index (χ0n) is 24.6. The van der Waals surface area contributed by atoms with Gasteiger partial charge >= 0.3 is 11.9 Å². The van der Waals surface area contributed by atoms with Gasteiger partial charge in [-0.05, 0) is 12.8 Å². The lowest BCUT2D eigenvalue weighted by Crippen LogP contribution is -2.19. The molecule has 5 heteroatoms. The number of ketones is 1. The fourth-order valence-corrected chi connectivity index (χ4v) is 4.69. The molecule has 37 heavy (non-hydrogen) atoms. The van der Waals surface area contributed by atoms with Crippen molar-refractivity contribution in [2.45, 2.75) is 187 Å². The van der Waals surface area contributed by atoms with Crippen LogP contribution >= 0.6 is 0 Å². The van der Waals surface area contributed by atoms with Gasteiger partial charge in [-0.25, -0.2) is 19.4 Å². The quantitative estimate of drug-likeness (QED) is 0.0440. The Bertz CT molecular complexity index is 531. The summed E-state index contributed by atoms with van der Waals surface area (Å²) in [7, 11) is 0. The molecule has 0 saturated heterocycles. The maximum Gasteiger partial charge on any atom is 0.421 e. The van der Waals surface area contributed by atoms with Gasteiger partial charge in [0.2, 0.25) is 5.78 Å². The van der Waals surface area contributed by atoms with Crippen molar-refractivity contribution in [3.05, 3.63) is 0 Å². The smallest absolute Gasteiger partial charge is 0.287 e. The van der Waals surface area contributed by atoms with Crippen LogP contribution in [0.25, 0.3) is 0 Å². The molecule has 0 aliphatic heterocycles. The van der Waals surface area contributed by atoms with Gasteiger partial charge < -0.3 is 0 Å². The van der Waals surface area contributed by atoms with E-state index in [2.05, 4.69) is 23.6 Å². The van der Waals surface area contributed by atoms with Crippen LogP contribution in [0.2, 0.25) is 0 Å². The van der Waals surface area contributed by atoms with Crippen LogP contribution < -0.4 is 0 Å². The van der Waals surface area contributed by atoms with Crippen LogP contribution in [0.15, 0.2) is 0 Å². The molecule has 0 heterocycles. The average molecular weight is 525 g/mol. The first-order valence-electron chi connectivity index (χ1n) is 16.1. The Kier molecular flexibility index (Phi) is 28.1. The lowest BCUT2D eigenvalue weighted by atomic mass is 10.0. The molecule has 0 bridgehead atoms. The van der Waals surface area contributed by atoms with Gasteiger partial charge in [-0.15, -0.1) is 0 Å². The third-order valence-electron chi connectivity index (χ3n) is 7.18. The van der Waals surface area contributed by atoms with Crippen LogP contribution in [0.4, 0.5) is 0 Å². The van der Waals surface area contributed by atoms with E-state index >= 15 is 0 Å². The second kappa shape index (κ2) is 29.2. The van der Waals surface area contributed by atoms with Crippen molar-refractivity contribution in [1.29, 1.82) is 0 Å². The van der Waals surface area contributed by atoms with Crippen LogP contribution in [0.3, 0.4) is 0 Å². The SMILES string of the molecule is CCCCCCCCCCCCCCCC(=O)OOC(=O)C(=O)CCCCCCCCCCCCCC. The summed E-state index contributed by atoms with van der Waals surface area (Å²) in [5.74, 6) is -2.24. The van der Waals surface area contributed by atoms with E-state index in [4.69, 9.17) is 0 Å². The molecule has 0 radical (unpaired) electrons. The van der Waals surface area contributed by atoms with Gasteiger partial charge in [0.15, 0.2) is 0 Å². The molecule has 0 atom stereocenters. The summed E-state index contributed by atoms with van der Waals surface area (Å²) >= 11 is 0. The largest absolute Gasteiger partial charge is 0.421 e. The summed E-state index contributed by atoms with van der Waals surface area (Å²) in [6, 6.07) is 0. The van der Waals surface area contributed by atoms with E-state index in [9.17, 15) is 14.4 Å². The molecule has 0 N–H and O–H groups in total. The zero-order valence-corrected chi connectivity index (χ0v) is 24.6. The molecule has 0 aromatic heterocycles. The molecular formula is C32H60O5. The molecular weight excluding hydrogens is 464 g/mol. The van der Waals surface area contributed by atoms with Gasteiger partial charge in [0.25, 0.3) is 0 Å². The van der Waals surface area contributed by atoms with Crippen molar-refractivity contribution in [3.8, 4) is 0 Å². The standard InChI is InChI=1S/C32H60O5/c1-3-5-7-9-11-13-15-17-19-21-23-25-27-29-31(34)36-37-32(35)30(33)28-26-24-22-20-18-16-14-12-10-8-6-4-2/h3-29H2,1-2H3. The van der Waals surface area contributed by atoms with Crippen LogP contribution in [0.5, 0.6) is 0 Å². The Labute approximate surface area is 229 Å². The molecule has 0 rings (SSSR count). The fourth-order valence-electron chi connectivity index (χ4n) is 4.69. The van der Waals surface area contributed by atoms with Gasteiger partial charge in [0.05, 0.1) is 6.42 Å². The number of hydrogen-bond acceptors (Lipinski definition) is 5. The van der Waals surface area contributed by atoms with Gasteiger partial charge in [0.1, 0.15) is 0 Å². The van der Waals surface area contributed by atoms with Gasteiger partial charge in [0, 0.05) is 6.42 Å². The van der Waals surface area contributed by atoms with E-state index in [0.717, 1.165) is 32.1 Å². The lowest BCUT2D eigenvalue weighted by molar-refractivity contribution is -0.256. The summed E-state index contributed by atoms with van der Waals surface area (Å²) in [5, 5.41) is 0. The number of carbonyl (C=O) groups is 3. The summed E-state index contributed by atoms with van der Waals surface area (Å²) < 4.78 is 0. The highest BCUT2D eigenvalue weighted by Gasteiger charge is 2.18. The highest BCUT2D eigenvalue weighted by atomic mass is 17.2. The van der Waals surface area contributed by atoms with Crippen LogP contribution in [-0.4, -0.2) is 17.7 Å². The molecule has 218 valence electrons. The molecule has 5 nitrogen and oxygen atoms in total. The number of rotatable bonds is 28. The second-order valence-electron chi connectivity index (χ2n) is 10.9. The predicted molar refractivity (Wildman–Crippen MR) is 153 cm³/mol. The van der Waals surface area contributed by atoms with Crippen molar-refractivity contribution in [3.63, 3.8) is 0 Å². The first kappa shape index (κ1) is 35.6. The van der Waals surface area contributed by atoms with Crippen molar-refractivity contribution >= 4 is 17.7 Å². The van der Waals surface area contributed by atoms with E-state index in [1.54, 1.807) is 0 Å². The highest BCUT2D eigenvalue weighted by molar-refractivity contribution is 6.33. The van der Waals surface area contributed by atoms with E-state index in [1.165, 1.54) is 122 Å². The molecule has 0 unspecified atom stereocenters. The number of unbranched alkanes of at least 4 members (excludes halogenated alkanes) is 23. The Balaban J connectivity index is 3.43. The molecule has 0 aromatic rings. The Hall–Kier alpha value is -1.39. The van der Waals surface area contributed by atoms with Crippen molar-refractivity contribution in [2.75, 3.05) is 0 Å². The van der Waals surface area contributed by atoms with Crippen LogP contribution in [-0.2, 0) is 24.2 Å². The lowest BCUT2D eigenvalue weighted by Gasteiger charge is -2.04. The summed E-state index contributed by atoms with van der Waals surface area (Å²) in [6.45, 7) is 4.50. The summed E-state index contributed by atoms with van der Waals surface area (Å²) in [5.41, 5.74) is 0. The average Bonchev–Trinajstić information content (AvgIpc) is 2.90. The fraction of sp³-hybridized carbons (Fsp3) is 0.906. The van der Waals surface area contributed by atoms with Gasteiger partial charge in [-0.1, -0.05) is 162 Å². The minimum atomic E-state index is -1.05. The summed E-state index contributed by atoms with van der Waals surface area (Å²) in [6.07, 6.45) is 30.9. The van der Waals surface area contributed by atoms with E-state index in [1.807, 2.05) is 0 Å². The zero-order chi connectivity index (χ0) is 27.2. The number of Topliss-reactive ketones (excluding diaryl/α,β-unsaturated/α-hetero) is 1. The van der Waals surface area contributed by atoms with Crippen LogP contribution in [0, 0.1) is 0 Å². The molecule has 0 aliphatic carbocycles. The maximum atomic E-state index is 11.9. The van der Waals surface area contributed by atoms with E-state index in [-0.39, 0.29) is 12.8 Å². The van der Waals surface area contributed by atoms with E-state index in [0.29, 0.717) is 6.42 Å². The Morgan fingerprint density at radius 1 is 0.378 bits per heavy atom. The van der Waals surface area contributed by atoms with Gasteiger partial charge in [-0.3, -0.25) is 4.79 Å². The molecule has 0 amide bonds. The predicted octanol–water partition coefficient (Wildman–Crippen LogP) is 10.1. The molecule has 0 aliphatic rings. The first-order valence-corrected chi connectivity index (χ1v) is 16.1. The molecule has 0 spiro atoms. The second-order valence-corrected chi connectivity index (χ2v) is 10.9. The van der Waals surface area contributed by atoms with E-state index < -0.39 is 17.7 Å². The van der Waals surface area contributed by atoms with Gasteiger partial charge in [-0.2, -0.15) is 0 Å². The normalized spacial score (nSPS) is 11.0.